The first-order valence-electron chi connectivity index (χ1n) is 11.1. The average molecular weight is 491 g/mol. The molecule has 0 saturated heterocycles. The van der Waals surface area contributed by atoms with Gasteiger partial charge in [0.15, 0.2) is 17.4 Å². The number of halogens is 1. The molecule has 1 amide bonds. The number of hydrogen-bond acceptors (Lipinski definition) is 6. The fourth-order valence-electron chi connectivity index (χ4n) is 3.64. The standard InChI is InChI=1S/C26H23ClN4O4/c1-3-35-26(34)20-15-28-31(23-14-16(2)19-6-4-5-7-21(19)29-23)25(20)30-24(33)13-12-22(32)17-8-10-18(27)11-9-17/h4-11,14-15H,3,12-13H2,1-2H3,(H,30,33). The summed E-state index contributed by atoms with van der Waals surface area (Å²) in [6.45, 7) is 3.81. The van der Waals surface area contributed by atoms with Crippen LogP contribution < -0.4 is 5.32 Å². The Kier molecular flexibility index (Phi) is 7.22. The summed E-state index contributed by atoms with van der Waals surface area (Å²) < 4.78 is 6.52. The van der Waals surface area contributed by atoms with Gasteiger partial charge >= 0.3 is 5.97 Å². The second-order valence-electron chi connectivity index (χ2n) is 7.83. The molecule has 9 heteroatoms. The van der Waals surface area contributed by atoms with Gasteiger partial charge in [0, 0.05) is 28.8 Å². The van der Waals surface area contributed by atoms with Gasteiger partial charge < -0.3 is 10.1 Å². The number of carbonyl (C=O) groups is 3. The van der Waals surface area contributed by atoms with Gasteiger partial charge in [0.1, 0.15) is 5.56 Å². The number of amides is 1. The molecule has 0 atom stereocenters. The van der Waals surface area contributed by atoms with E-state index < -0.39 is 11.9 Å². The fourth-order valence-corrected chi connectivity index (χ4v) is 3.77. The summed E-state index contributed by atoms with van der Waals surface area (Å²) in [5.41, 5.74) is 2.28. The zero-order valence-corrected chi connectivity index (χ0v) is 20.0. The van der Waals surface area contributed by atoms with E-state index in [1.807, 2.05) is 37.3 Å². The van der Waals surface area contributed by atoms with Gasteiger partial charge in [-0.3, -0.25) is 9.59 Å². The molecule has 0 fully saturated rings. The van der Waals surface area contributed by atoms with Gasteiger partial charge in [-0.25, -0.2) is 9.78 Å². The number of Topliss-reactive ketones (excluding diaryl/α,β-unsaturated/α-hetero) is 1. The molecule has 2 aromatic heterocycles. The van der Waals surface area contributed by atoms with Gasteiger partial charge in [-0.2, -0.15) is 9.78 Å². The molecule has 35 heavy (non-hydrogen) atoms. The van der Waals surface area contributed by atoms with Gasteiger partial charge in [-0.05, 0) is 55.8 Å². The molecule has 1 N–H and O–H groups in total. The number of para-hydroxylation sites is 1. The smallest absolute Gasteiger partial charge is 0.343 e. The SMILES string of the molecule is CCOC(=O)c1cnn(-c2cc(C)c3ccccc3n2)c1NC(=O)CCC(=O)c1ccc(Cl)cc1. The molecule has 8 nitrogen and oxygen atoms in total. The number of pyridine rings is 1. The first-order chi connectivity index (χ1) is 16.9. The van der Waals surface area contributed by atoms with Gasteiger partial charge in [0.25, 0.3) is 0 Å². The van der Waals surface area contributed by atoms with Crippen molar-refractivity contribution in [2.24, 2.45) is 0 Å². The van der Waals surface area contributed by atoms with Crippen molar-refractivity contribution in [1.29, 1.82) is 0 Å². The number of carbonyl (C=O) groups excluding carboxylic acids is 3. The number of esters is 1. The Labute approximate surface area is 206 Å². The van der Waals surface area contributed by atoms with Crippen LogP contribution in [0.4, 0.5) is 5.82 Å². The van der Waals surface area contributed by atoms with Crippen molar-refractivity contribution < 1.29 is 19.1 Å². The summed E-state index contributed by atoms with van der Waals surface area (Å²) in [6.07, 6.45) is 1.24. The number of nitrogens with zero attached hydrogens (tertiary/aromatic N) is 3. The summed E-state index contributed by atoms with van der Waals surface area (Å²) in [7, 11) is 0. The first-order valence-corrected chi connectivity index (χ1v) is 11.5. The lowest BCUT2D eigenvalue weighted by Gasteiger charge is -2.12. The number of ketones is 1. The maximum atomic E-state index is 12.8. The van der Waals surface area contributed by atoms with Crippen LogP contribution in [0.5, 0.6) is 0 Å². The van der Waals surface area contributed by atoms with Crippen LogP contribution in [0.15, 0.2) is 60.8 Å². The molecular weight excluding hydrogens is 468 g/mol. The number of aromatic nitrogens is 3. The van der Waals surface area contributed by atoms with E-state index in [1.165, 1.54) is 10.9 Å². The van der Waals surface area contributed by atoms with Crippen LogP contribution in [0.2, 0.25) is 5.02 Å². The predicted molar refractivity (Wildman–Crippen MR) is 133 cm³/mol. The maximum absolute atomic E-state index is 12.8. The van der Waals surface area contributed by atoms with Gasteiger partial charge in [-0.1, -0.05) is 29.8 Å². The van der Waals surface area contributed by atoms with Crippen LogP contribution in [-0.4, -0.2) is 39.0 Å². The topological polar surface area (TPSA) is 103 Å². The summed E-state index contributed by atoms with van der Waals surface area (Å²) in [5, 5.41) is 8.54. The number of aryl methyl sites for hydroxylation is 1. The van der Waals surface area contributed by atoms with Crippen molar-refractivity contribution in [3.05, 3.63) is 82.5 Å². The van der Waals surface area contributed by atoms with Crippen LogP contribution in [0, 0.1) is 6.92 Å². The minimum atomic E-state index is -0.621. The first kappa shape index (κ1) is 24.1. The third-order valence-corrected chi connectivity index (χ3v) is 5.65. The molecule has 2 aromatic carbocycles. The van der Waals surface area contributed by atoms with Crippen molar-refractivity contribution in [3.63, 3.8) is 0 Å². The Morgan fingerprint density at radius 1 is 1.06 bits per heavy atom. The number of hydrogen-bond donors (Lipinski definition) is 1. The minimum absolute atomic E-state index is 0.0102. The molecule has 0 aliphatic heterocycles. The lowest BCUT2D eigenvalue weighted by atomic mass is 10.1. The summed E-state index contributed by atoms with van der Waals surface area (Å²) in [5.74, 6) is -0.692. The molecule has 0 unspecified atom stereocenters. The quantitative estimate of drug-likeness (QED) is 0.270. The van der Waals surface area contributed by atoms with E-state index in [1.54, 1.807) is 31.2 Å². The molecule has 0 aliphatic rings. The Bertz CT molecular complexity index is 1410. The van der Waals surface area contributed by atoms with Gasteiger partial charge in [0.05, 0.1) is 18.3 Å². The highest BCUT2D eigenvalue weighted by molar-refractivity contribution is 6.30. The average Bonchev–Trinajstić information content (AvgIpc) is 3.26. The van der Waals surface area contributed by atoms with E-state index in [4.69, 9.17) is 16.3 Å². The number of nitrogens with one attached hydrogen (secondary N) is 1. The third kappa shape index (κ3) is 5.38. The van der Waals surface area contributed by atoms with Crippen LogP contribution in [0.25, 0.3) is 16.7 Å². The van der Waals surface area contributed by atoms with Crippen LogP contribution in [0.1, 0.15) is 46.0 Å². The monoisotopic (exact) mass is 490 g/mol. The highest BCUT2D eigenvalue weighted by atomic mass is 35.5. The largest absolute Gasteiger partial charge is 0.462 e. The fraction of sp³-hybridized carbons (Fsp3) is 0.192. The van der Waals surface area contributed by atoms with Gasteiger partial charge in [-0.15, -0.1) is 0 Å². The van der Waals surface area contributed by atoms with Crippen molar-refractivity contribution in [2.75, 3.05) is 11.9 Å². The van der Waals surface area contributed by atoms with Crippen molar-refractivity contribution >= 4 is 46.0 Å². The minimum Gasteiger partial charge on any atom is -0.462 e. The molecule has 0 radical (unpaired) electrons. The zero-order chi connectivity index (χ0) is 24.9. The van der Waals surface area contributed by atoms with Crippen LogP contribution in [0.3, 0.4) is 0 Å². The van der Waals surface area contributed by atoms with Crippen molar-refractivity contribution in [1.82, 2.24) is 14.8 Å². The highest BCUT2D eigenvalue weighted by Gasteiger charge is 2.23. The Morgan fingerprint density at radius 2 is 1.80 bits per heavy atom. The number of fused-ring (bicyclic) bond motifs is 1. The van der Waals surface area contributed by atoms with E-state index in [2.05, 4.69) is 15.4 Å². The number of ether oxygens (including phenoxy) is 1. The Morgan fingerprint density at radius 3 is 2.54 bits per heavy atom. The molecule has 2 heterocycles. The molecule has 178 valence electrons. The summed E-state index contributed by atoms with van der Waals surface area (Å²) in [4.78, 5) is 42.4. The molecule has 4 aromatic rings. The van der Waals surface area contributed by atoms with Crippen LogP contribution in [-0.2, 0) is 9.53 Å². The summed E-state index contributed by atoms with van der Waals surface area (Å²) >= 11 is 5.87. The van der Waals surface area contributed by atoms with Crippen LogP contribution >= 0.6 is 11.6 Å². The van der Waals surface area contributed by atoms with Crippen molar-refractivity contribution in [3.8, 4) is 5.82 Å². The molecule has 0 spiro atoms. The molecule has 4 rings (SSSR count). The molecule has 0 bridgehead atoms. The maximum Gasteiger partial charge on any atom is 0.343 e. The van der Waals surface area contributed by atoms with E-state index in [0.717, 1.165) is 16.5 Å². The Balaban J connectivity index is 1.61. The van der Waals surface area contributed by atoms with Gasteiger partial charge in [0.2, 0.25) is 5.91 Å². The van der Waals surface area contributed by atoms with E-state index in [0.29, 0.717) is 16.4 Å². The lowest BCUT2D eigenvalue weighted by Crippen LogP contribution is -2.19. The zero-order valence-electron chi connectivity index (χ0n) is 19.2. The second kappa shape index (κ2) is 10.5. The molecule has 0 aliphatic carbocycles. The summed E-state index contributed by atoms with van der Waals surface area (Å²) in [6, 6.07) is 16.0. The number of anilines is 1. The third-order valence-electron chi connectivity index (χ3n) is 5.39. The highest BCUT2D eigenvalue weighted by Crippen LogP contribution is 2.25. The predicted octanol–water partition coefficient (Wildman–Crippen LogP) is 5.16. The van der Waals surface area contributed by atoms with Crippen molar-refractivity contribution in [2.45, 2.75) is 26.7 Å². The lowest BCUT2D eigenvalue weighted by molar-refractivity contribution is -0.116. The number of rotatable bonds is 8. The van der Waals surface area contributed by atoms with E-state index in [-0.39, 0.29) is 36.6 Å². The second-order valence-corrected chi connectivity index (χ2v) is 8.27. The van der Waals surface area contributed by atoms with E-state index >= 15 is 0 Å². The van der Waals surface area contributed by atoms with E-state index in [9.17, 15) is 14.4 Å². The molecular formula is C26H23ClN4O4. The number of benzene rings is 2. The molecule has 0 saturated carbocycles. The normalized spacial score (nSPS) is 10.8. The Hall–Kier alpha value is -4.04.